The van der Waals surface area contributed by atoms with E-state index in [2.05, 4.69) is 0 Å². The number of carbonyl (C=O) groups excluding carboxylic acids is 1. The van der Waals surface area contributed by atoms with Crippen LogP contribution in [0.3, 0.4) is 0 Å². The van der Waals surface area contributed by atoms with E-state index < -0.39 is 18.3 Å². The lowest BCUT2D eigenvalue weighted by molar-refractivity contribution is -0.124. The van der Waals surface area contributed by atoms with Gasteiger partial charge in [-0.05, 0) is 6.92 Å². The zero-order valence-electron chi connectivity index (χ0n) is 6.84. The van der Waals surface area contributed by atoms with Gasteiger partial charge in [-0.1, -0.05) is 0 Å². The summed E-state index contributed by atoms with van der Waals surface area (Å²) in [5.74, 6) is -3.61. The molecule has 1 radical (unpaired) electrons. The molecule has 0 unspecified atom stereocenters. The molecule has 0 aliphatic heterocycles. The number of halogens is 2. The Morgan fingerprint density at radius 2 is 2.25 bits per heavy atom. The number of carbonyl (C=O) groups is 1. The molecule has 0 heterocycles. The first-order chi connectivity index (χ1) is 5.37. The zero-order valence-corrected chi connectivity index (χ0v) is 6.84. The molecule has 0 aromatic rings. The molecule has 0 saturated carbocycles. The van der Waals surface area contributed by atoms with E-state index in [1.54, 1.807) is 0 Å². The molecule has 12 heavy (non-hydrogen) atoms. The molecule has 1 amide bonds. The Morgan fingerprint density at radius 3 is 2.58 bits per heavy atom. The summed E-state index contributed by atoms with van der Waals surface area (Å²) in [5.41, 5.74) is 0. The normalized spacial score (nSPS) is 10.6. The highest BCUT2D eigenvalue weighted by molar-refractivity contribution is 5.85. The van der Waals surface area contributed by atoms with Gasteiger partial charge in [-0.2, -0.15) is 5.26 Å². The predicted octanol–water partition coefficient (Wildman–Crippen LogP) is 1.18. The highest BCUT2D eigenvalue weighted by Gasteiger charge is 2.23. The summed E-state index contributed by atoms with van der Waals surface area (Å²) in [6.45, 7) is 0.711. The molecule has 0 N–H and O–H groups in total. The van der Waals surface area contributed by atoms with Gasteiger partial charge in [0, 0.05) is 13.5 Å². The van der Waals surface area contributed by atoms with E-state index in [4.69, 9.17) is 5.26 Å². The van der Waals surface area contributed by atoms with Gasteiger partial charge in [0.05, 0.1) is 6.42 Å². The molecule has 5 heteroatoms. The van der Waals surface area contributed by atoms with Crippen molar-refractivity contribution in [3.8, 4) is 6.19 Å². The number of alkyl halides is 2. The molecule has 0 aliphatic rings. The maximum absolute atomic E-state index is 12.2. The fraction of sp³-hybridized carbons (Fsp3) is 0.571. The molecule has 0 aliphatic carbocycles. The van der Waals surface area contributed by atoms with Crippen LogP contribution in [-0.4, -0.2) is 23.8 Å². The molecule has 0 fully saturated rings. The van der Waals surface area contributed by atoms with Crippen LogP contribution in [0.2, 0.25) is 0 Å². The van der Waals surface area contributed by atoms with Gasteiger partial charge < -0.3 is 0 Å². The fourth-order valence-electron chi connectivity index (χ4n) is 0.453. The van der Waals surface area contributed by atoms with Crippen LogP contribution in [0, 0.1) is 17.9 Å². The summed E-state index contributed by atoms with van der Waals surface area (Å²) in [6.07, 6.45) is 1.66. The van der Waals surface area contributed by atoms with E-state index in [0.717, 1.165) is 6.42 Å². The van der Waals surface area contributed by atoms with Gasteiger partial charge in [0.2, 0.25) is 11.8 Å². The quantitative estimate of drug-likeness (QED) is 0.477. The third-order valence-corrected chi connectivity index (χ3v) is 1.12. The van der Waals surface area contributed by atoms with Crippen molar-refractivity contribution in [3.05, 3.63) is 6.42 Å². The third-order valence-electron chi connectivity index (χ3n) is 1.12. The van der Waals surface area contributed by atoms with Gasteiger partial charge in [-0.3, -0.25) is 9.69 Å². The summed E-state index contributed by atoms with van der Waals surface area (Å²) in [7, 11) is 1.21. The fourth-order valence-corrected chi connectivity index (χ4v) is 0.453. The minimum Gasteiger partial charge on any atom is -0.273 e. The average molecular weight is 175 g/mol. The lowest BCUT2D eigenvalue weighted by atomic mass is 10.2. The van der Waals surface area contributed by atoms with E-state index in [-0.39, 0.29) is 0 Å². The van der Waals surface area contributed by atoms with Gasteiger partial charge in [-0.15, -0.1) is 0 Å². The van der Waals surface area contributed by atoms with Crippen molar-refractivity contribution in [2.24, 2.45) is 0 Å². The summed E-state index contributed by atoms with van der Waals surface area (Å²) in [4.78, 5) is 11.4. The number of rotatable bonds is 3. The molecule has 0 saturated heterocycles. The molecule has 0 bridgehead atoms. The van der Waals surface area contributed by atoms with E-state index in [1.807, 2.05) is 0 Å². The second-order valence-corrected chi connectivity index (χ2v) is 2.48. The lowest BCUT2D eigenvalue weighted by Crippen LogP contribution is -2.24. The Kier molecular flexibility index (Phi) is 3.61. The Labute approximate surface area is 69.6 Å². The molecule has 67 valence electrons. The van der Waals surface area contributed by atoms with E-state index >= 15 is 0 Å². The zero-order chi connectivity index (χ0) is 9.78. The Balaban J connectivity index is 3.82. The van der Waals surface area contributed by atoms with Crippen LogP contribution in [0.4, 0.5) is 8.78 Å². The van der Waals surface area contributed by atoms with Crippen LogP contribution in [0.1, 0.15) is 13.3 Å². The summed E-state index contributed by atoms with van der Waals surface area (Å²) >= 11 is 0. The first-order valence-corrected chi connectivity index (χ1v) is 3.25. The van der Waals surface area contributed by atoms with Crippen molar-refractivity contribution in [3.63, 3.8) is 0 Å². The number of hydrogen-bond acceptors (Lipinski definition) is 2. The highest BCUT2D eigenvalue weighted by Crippen LogP contribution is 2.18. The second-order valence-electron chi connectivity index (χ2n) is 2.48. The van der Waals surface area contributed by atoms with E-state index in [0.29, 0.717) is 11.8 Å². The van der Waals surface area contributed by atoms with Crippen molar-refractivity contribution in [1.82, 2.24) is 4.90 Å². The maximum Gasteiger partial charge on any atom is 0.246 e. The van der Waals surface area contributed by atoms with Gasteiger partial charge in [0.1, 0.15) is 0 Å². The second kappa shape index (κ2) is 4.00. The van der Waals surface area contributed by atoms with Gasteiger partial charge >= 0.3 is 0 Å². The van der Waals surface area contributed by atoms with Gasteiger partial charge in [-0.25, -0.2) is 8.78 Å². The molecular formula is C7H9F2N2O. The van der Waals surface area contributed by atoms with E-state index in [1.165, 1.54) is 13.2 Å². The SMILES string of the molecule is CN(C#N)C(=O)[CH]CC(C)(F)F. The summed E-state index contributed by atoms with van der Waals surface area (Å²) in [6, 6.07) is 0. The monoisotopic (exact) mass is 175 g/mol. The van der Waals surface area contributed by atoms with Crippen molar-refractivity contribution < 1.29 is 13.6 Å². The standard InChI is InChI=1S/C7H9F2N2O/c1-7(8,9)4-3-6(12)11(2)5-10/h3H,4H2,1-2H3. The molecular weight excluding hydrogens is 166 g/mol. The first-order valence-electron chi connectivity index (χ1n) is 3.25. The smallest absolute Gasteiger partial charge is 0.246 e. The Bertz CT molecular complexity index is 204. The summed E-state index contributed by atoms with van der Waals surface area (Å²) < 4.78 is 24.3. The molecule has 0 atom stereocenters. The Morgan fingerprint density at radius 1 is 1.75 bits per heavy atom. The van der Waals surface area contributed by atoms with Gasteiger partial charge in [0.25, 0.3) is 0 Å². The number of nitrogens with zero attached hydrogens (tertiary/aromatic N) is 2. The van der Waals surface area contributed by atoms with Crippen LogP contribution in [0.15, 0.2) is 0 Å². The molecule has 3 nitrogen and oxygen atoms in total. The lowest BCUT2D eigenvalue weighted by Gasteiger charge is -2.10. The molecule has 0 aromatic heterocycles. The number of nitriles is 1. The Hall–Kier alpha value is -1.18. The average Bonchev–Trinajstić information content (AvgIpc) is 1.97. The van der Waals surface area contributed by atoms with Crippen LogP contribution in [0.25, 0.3) is 0 Å². The van der Waals surface area contributed by atoms with Crippen molar-refractivity contribution >= 4 is 5.91 Å². The minimum absolute atomic E-state index is 0.641. The topological polar surface area (TPSA) is 44.1 Å². The molecule has 0 spiro atoms. The predicted molar refractivity (Wildman–Crippen MR) is 37.9 cm³/mol. The van der Waals surface area contributed by atoms with Crippen molar-refractivity contribution in [1.29, 1.82) is 5.26 Å². The van der Waals surface area contributed by atoms with Crippen molar-refractivity contribution in [2.75, 3.05) is 7.05 Å². The minimum atomic E-state index is -2.90. The first kappa shape index (κ1) is 10.8. The number of amides is 1. The number of hydrogen-bond donors (Lipinski definition) is 0. The van der Waals surface area contributed by atoms with Crippen LogP contribution < -0.4 is 0 Å². The highest BCUT2D eigenvalue weighted by atomic mass is 19.3. The third kappa shape index (κ3) is 4.61. The van der Waals surface area contributed by atoms with Crippen LogP contribution in [0.5, 0.6) is 0 Å². The van der Waals surface area contributed by atoms with Crippen molar-refractivity contribution in [2.45, 2.75) is 19.3 Å². The van der Waals surface area contributed by atoms with Gasteiger partial charge in [0.15, 0.2) is 6.19 Å². The molecule has 0 rings (SSSR count). The van der Waals surface area contributed by atoms with Crippen LogP contribution in [-0.2, 0) is 4.79 Å². The van der Waals surface area contributed by atoms with E-state index in [9.17, 15) is 13.6 Å². The molecule has 0 aromatic carbocycles. The maximum atomic E-state index is 12.2. The summed E-state index contributed by atoms with van der Waals surface area (Å²) in [5, 5.41) is 8.18. The van der Waals surface area contributed by atoms with Crippen LogP contribution >= 0.6 is 0 Å². The largest absolute Gasteiger partial charge is 0.273 e.